The Kier molecular flexibility index (Phi) is 3.18. The molecule has 1 N–H and O–H groups in total. The fourth-order valence-corrected chi connectivity index (χ4v) is 2.96. The molecule has 0 radical (unpaired) electrons. The summed E-state index contributed by atoms with van der Waals surface area (Å²) in [6.07, 6.45) is -0.168. The molecule has 20 heavy (non-hydrogen) atoms. The first-order chi connectivity index (χ1) is 9.50. The van der Waals surface area contributed by atoms with Gasteiger partial charge in [0.1, 0.15) is 0 Å². The number of ether oxygens (including phenoxy) is 1. The van der Waals surface area contributed by atoms with E-state index < -0.39 is 0 Å². The van der Waals surface area contributed by atoms with E-state index in [4.69, 9.17) is 9.72 Å². The van der Waals surface area contributed by atoms with Crippen LogP contribution in [-0.4, -0.2) is 46.1 Å². The molecule has 108 valence electrons. The highest BCUT2D eigenvalue weighted by Crippen LogP contribution is 2.27. The second-order valence-electron chi connectivity index (χ2n) is 6.02. The van der Waals surface area contributed by atoms with E-state index in [-0.39, 0.29) is 18.3 Å². The number of aryl methyl sites for hydroxylation is 1. The number of fused-ring (bicyclic) bond motifs is 1. The van der Waals surface area contributed by atoms with Crippen LogP contribution in [0.5, 0.6) is 0 Å². The third-order valence-corrected chi connectivity index (χ3v) is 3.73. The quantitative estimate of drug-likeness (QED) is 0.903. The van der Waals surface area contributed by atoms with Gasteiger partial charge in [-0.25, -0.2) is 4.98 Å². The zero-order valence-corrected chi connectivity index (χ0v) is 12.2. The van der Waals surface area contributed by atoms with E-state index in [0.717, 1.165) is 23.5 Å². The fourth-order valence-electron chi connectivity index (χ4n) is 2.96. The minimum absolute atomic E-state index is 0.0316. The molecule has 0 spiro atoms. The van der Waals surface area contributed by atoms with Crippen LogP contribution < -0.4 is 4.90 Å². The van der Waals surface area contributed by atoms with Gasteiger partial charge < -0.3 is 19.3 Å². The number of nitrogens with zero attached hydrogens (tertiary/aromatic N) is 3. The molecule has 0 bridgehead atoms. The highest BCUT2D eigenvalue weighted by molar-refractivity contribution is 5.78. The largest absolute Gasteiger partial charge is 0.394 e. The summed E-state index contributed by atoms with van der Waals surface area (Å²) in [4.78, 5) is 6.92. The van der Waals surface area contributed by atoms with Gasteiger partial charge in [0.25, 0.3) is 0 Å². The highest BCUT2D eigenvalue weighted by Gasteiger charge is 2.34. The van der Waals surface area contributed by atoms with Crippen LogP contribution in [-0.2, 0) is 11.8 Å². The smallest absolute Gasteiger partial charge is 0.206 e. The Balaban J connectivity index is 1.99. The zero-order valence-electron chi connectivity index (χ0n) is 12.2. The lowest BCUT2D eigenvalue weighted by atomic mass is 10.1. The standard InChI is InChI=1S/C15H21N3O2/c1-15(2)10-18(8-11(9-19)20-15)14-16-12-6-4-5-7-13(12)17(14)3/h4-7,11,19H,8-10H2,1-3H3. The van der Waals surface area contributed by atoms with Crippen LogP contribution in [0.3, 0.4) is 0 Å². The van der Waals surface area contributed by atoms with E-state index in [2.05, 4.69) is 15.5 Å². The maximum absolute atomic E-state index is 9.42. The molecule has 1 fully saturated rings. The van der Waals surface area contributed by atoms with Crippen LogP contribution in [0, 0.1) is 0 Å². The molecule has 1 aromatic carbocycles. The van der Waals surface area contributed by atoms with Crippen LogP contribution in [0.2, 0.25) is 0 Å². The van der Waals surface area contributed by atoms with Gasteiger partial charge in [-0.1, -0.05) is 12.1 Å². The predicted molar refractivity (Wildman–Crippen MR) is 79.0 cm³/mol. The Morgan fingerprint density at radius 3 is 2.85 bits per heavy atom. The number of benzene rings is 1. The normalized spacial score (nSPS) is 22.4. The highest BCUT2D eigenvalue weighted by atomic mass is 16.5. The summed E-state index contributed by atoms with van der Waals surface area (Å²) in [5.41, 5.74) is 1.83. The van der Waals surface area contributed by atoms with Gasteiger partial charge in [0, 0.05) is 20.1 Å². The third-order valence-electron chi connectivity index (χ3n) is 3.73. The van der Waals surface area contributed by atoms with Crippen molar-refractivity contribution in [3.63, 3.8) is 0 Å². The van der Waals surface area contributed by atoms with E-state index in [1.54, 1.807) is 0 Å². The average Bonchev–Trinajstić information content (AvgIpc) is 2.75. The van der Waals surface area contributed by atoms with Gasteiger partial charge in [0.05, 0.1) is 29.3 Å². The lowest BCUT2D eigenvalue weighted by molar-refractivity contribution is -0.101. The van der Waals surface area contributed by atoms with Crippen molar-refractivity contribution in [2.24, 2.45) is 7.05 Å². The molecule has 0 saturated carbocycles. The number of morpholine rings is 1. The summed E-state index contributed by atoms with van der Waals surface area (Å²) >= 11 is 0. The first-order valence-corrected chi connectivity index (χ1v) is 6.95. The van der Waals surface area contributed by atoms with Gasteiger partial charge in [0.15, 0.2) is 0 Å². The van der Waals surface area contributed by atoms with E-state index in [0.29, 0.717) is 6.54 Å². The molecule has 0 aliphatic carbocycles. The van der Waals surface area contributed by atoms with Gasteiger partial charge in [-0.3, -0.25) is 0 Å². The van der Waals surface area contributed by atoms with Crippen molar-refractivity contribution in [1.82, 2.24) is 9.55 Å². The van der Waals surface area contributed by atoms with E-state index in [1.165, 1.54) is 0 Å². The molecular formula is C15H21N3O2. The third kappa shape index (κ3) is 2.27. The SMILES string of the molecule is Cn1c(N2CC(CO)OC(C)(C)C2)nc2ccccc21. The van der Waals surface area contributed by atoms with Gasteiger partial charge in [-0.15, -0.1) is 0 Å². The van der Waals surface area contributed by atoms with Gasteiger partial charge in [-0.2, -0.15) is 0 Å². The van der Waals surface area contributed by atoms with Crippen molar-refractivity contribution in [2.45, 2.75) is 25.6 Å². The molecule has 1 aliphatic heterocycles. The molecule has 1 atom stereocenters. The predicted octanol–water partition coefficient (Wildman–Crippen LogP) is 1.55. The zero-order chi connectivity index (χ0) is 14.3. The lowest BCUT2D eigenvalue weighted by Gasteiger charge is -2.42. The first-order valence-electron chi connectivity index (χ1n) is 6.95. The second kappa shape index (κ2) is 4.75. The van der Waals surface area contributed by atoms with Crippen molar-refractivity contribution in [2.75, 3.05) is 24.6 Å². The van der Waals surface area contributed by atoms with Crippen molar-refractivity contribution in [1.29, 1.82) is 0 Å². The maximum Gasteiger partial charge on any atom is 0.206 e. The Morgan fingerprint density at radius 1 is 1.40 bits per heavy atom. The maximum atomic E-state index is 9.42. The minimum Gasteiger partial charge on any atom is -0.394 e. The summed E-state index contributed by atoms with van der Waals surface area (Å²) in [6, 6.07) is 8.11. The molecule has 1 aromatic heterocycles. The van der Waals surface area contributed by atoms with Gasteiger partial charge in [0.2, 0.25) is 5.95 Å². The van der Waals surface area contributed by atoms with Crippen LogP contribution >= 0.6 is 0 Å². The number of anilines is 1. The number of aliphatic hydroxyl groups excluding tert-OH is 1. The molecule has 1 unspecified atom stereocenters. The van der Waals surface area contributed by atoms with Crippen molar-refractivity contribution >= 4 is 17.0 Å². The van der Waals surface area contributed by atoms with Gasteiger partial charge in [-0.05, 0) is 26.0 Å². The average molecular weight is 275 g/mol. The Morgan fingerprint density at radius 2 is 2.15 bits per heavy atom. The summed E-state index contributed by atoms with van der Waals surface area (Å²) < 4.78 is 7.96. The lowest BCUT2D eigenvalue weighted by Crippen LogP contribution is -2.54. The van der Waals surface area contributed by atoms with Crippen molar-refractivity contribution in [3.05, 3.63) is 24.3 Å². The number of imidazole rings is 1. The summed E-state index contributed by atoms with van der Waals surface area (Å²) in [5.74, 6) is 0.932. The fraction of sp³-hybridized carbons (Fsp3) is 0.533. The number of aliphatic hydroxyl groups is 1. The minimum atomic E-state index is -0.288. The van der Waals surface area contributed by atoms with Crippen LogP contribution in [0.4, 0.5) is 5.95 Å². The molecule has 2 aromatic rings. The van der Waals surface area contributed by atoms with Gasteiger partial charge >= 0.3 is 0 Å². The molecule has 5 nitrogen and oxygen atoms in total. The van der Waals surface area contributed by atoms with Crippen LogP contribution in [0.15, 0.2) is 24.3 Å². The summed E-state index contributed by atoms with van der Waals surface area (Å²) in [7, 11) is 2.03. The van der Waals surface area contributed by atoms with E-state index in [9.17, 15) is 5.11 Å². The molecule has 3 rings (SSSR count). The van der Waals surface area contributed by atoms with E-state index >= 15 is 0 Å². The number of para-hydroxylation sites is 2. The van der Waals surface area contributed by atoms with Crippen molar-refractivity contribution in [3.8, 4) is 0 Å². The Bertz CT molecular complexity index is 621. The molecule has 1 aliphatic rings. The number of aromatic nitrogens is 2. The second-order valence-corrected chi connectivity index (χ2v) is 6.02. The Labute approximate surface area is 118 Å². The number of hydrogen-bond donors (Lipinski definition) is 1. The summed E-state index contributed by atoms with van der Waals surface area (Å²) in [6.45, 7) is 5.55. The monoisotopic (exact) mass is 275 g/mol. The first kappa shape index (κ1) is 13.4. The Hall–Kier alpha value is -1.59. The van der Waals surface area contributed by atoms with Crippen molar-refractivity contribution < 1.29 is 9.84 Å². The number of hydrogen-bond acceptors (Lipinski definition) is 4. The molecule has 0 amide bonds. The van der Waals surface area contributed by atoms with Crippen LogP contribution in [0.25, 0.3) is 11.0 Å². The molecule has 1 saturated heterocycles. The van der Waals surface area contributed by atoms with Crippen LogP contribution in [0.1, 0.15) is 13.8 Å². The number of rotatable bonds is 2. The topological polar surface area (TPSA) is 50.5 Å². The molecule has 5 heteroatoms. The molecular weight excluding hydrogens is 254 g/mol. The summed E-state index contributed by atoms with van der Waals surface area (Å²) in [5, 5.41) is 9.42. The van der Waals surface area contributed by atoms with E-state index in [1.807, 2.05) is 39.1 Å². The molecule has 2 heterocycles.